The molecule has 38 heavy (non-hydrogen) atoms. The van der Waals surface area contributed by atoms with Crippen LogP contribution in [-0.4, -0.2) is 30.6 Å². The van der Waals surface area contributed by atoms with Crippen molar-refractivity contribution in [3.8, 4) is 11.4 Å². The molecule has 1 aliphatic heterocycles. The molecular formula is C29H26FN3O5. The summed E-state index contributed by atoms with van der Waals surface area (Å²) in [6.07, 6.45) is 1.89. The maximum Gasteiger partial charge on any atom is 0.352 e. The SMILES string of the molecule is CC1=C(C)C(=O)[C@@]2(C)[C@@H](c3cccc(F)c3O)C3=CCn4c(=O)n(-c5ccccc5)c(=O)n4[C@@H]3C[C@H]2C1=O. The van der Waals surface area contributed by atoms with Gasteiger partial charge in [0.05, 0.1) is 23.7 Å². The summed E-state index contributed by atoms with van der Waals surface area (Å²) < 4.78 is 18.4. The Morgan fingerprint density at radius 1 is 0.947 bits per heavy atom. The zero-order valence-electron chi connectivity index (χ0n) is 21.1. The summed E-state index contributed by atoms with van der Waals surface area (Å²) >= 11 is 0. The molecule has 3 aromatic rings. The quantitative estimate of drug-likeness (QED) is 0.527. The van der Waals surface area contributed by atoms with Crippen molar-refractivity contribution in [3.05, 3.63) is 104 Å². The average Bonchev–Trinajstić information content (AvgIpc) is 3.17. The molecule has 1 fully saturated rings. The molecular weight excluding hydrogens is 489 g/mol. The first kappa shape index (κ1) is 24.1. The van der Waals surface area contributed by atoms with Crippen LogP contribution in [0.3, 0.4) is 0 Å². The summed E-state index contributed by atoms with van der Waals surface area (Å²) in [5, 5.41) is 10.8. The Kier molecular flexibility index (Phi) is 5.14. The smallest absolute Gasteiger partial charge is 0.352 e. The van der Waals surface area contributed by atoms with Crippen LogP contribution in [0.25, 0.3) is 5.69 Å². The number of carbonyl (C=O) groups is 2. The fourth-order valence-corrected chi connectivity index (χ4v) is 6.75. The number of benzene rings is 2. The van der Waals surface area contributed by atoms with Gasteiger partial charge in [-0.25, -0.2) is 27.9 Å². The van der Waals surface area contributed by atoms with Gasteiger partial charge in [0.1, 0.15) is 0 Å². The van der Waals surface area contributed by atoms with E-state index in [2.05, 4.69) is 0 Å². The number of hydrogen-bond donors (Lipinski definition) is 1. The molecule has 0 amide bonds. The van der Waals surface area contributed by atoms with Crippen LogP contribution in [0.4, 0.5) is 4.39 Å². The molecule has 8 nitrogen and oxygen atoms in total. The summed E-state index contributed by atoms with van der Waals surface area (Å²) in [6.45, 7) is 4.97. The number of ketones is 2. The van der Waals surface area contributed by atoms with Crippen molar-refractivity contribution >= 4 is 11.6 Å². The van der Waals surface area contributed by atoms with E-state index in [1.165, 1.54) is 15.4 Å². The van der Waals surface area contributed by atoms with Crippen LogP contribution in [0, 0.1) is 17.2 Å². The van der Waals surface area contributed by atoms with E-state index in [9.17, 15) is 28.7 Å². The molecule has 0 saturated heterocycles. The van der Waals surface area contributed by atoms with Crippen molar-refractivity contribution in [2.75, 3.05) is 0 Å². The summed E-state index contributed by atoms with van der Waals surface area (Å²) in [4.78, 5) is 54.7. The third-order valence-corrected chi connectivity index (χ3v) is 8.78. The maximum atomic E-state index is 14.6. The van der Waals surface area contributed by atoms with E-state index in [4.69, 9.17) is 0 Å². The van der Waals surface area contributed by atoms with Crippen LogP contribution in [0.15, 0.2) is 80.9 Å². The summed E-state index contributed by atoms with van der Waals surface area (Å²) in [5.74, 6) is -3.65. The highest BCUT2D eigenvalue weighted by molar-refractivity contribution is 6.15. The van der Waals surface area contributed by atoms with Crippen molar-refractivity contribution in [1.29, 1.82) is 0 Å². The molecule has 1 N–H and O–H groups in total. The van der Waals surface area contributed by atoms with Crippen LogP contribution < -0.4 is 11.4 Å². The molecule has 194 valence electrons. The summed E-state index contributed by atoms with van der Waals surface area (Å²) in [7, 11) is 0. The van der Waals surface area contributed by atoms with Gasteiger partial charge in [0.25, 0.3) is 0 Å². The number of phenolic OH excluding ortho intramolecular Hbond substituents is 1. The van der Waals surface area contributed by atoms with Gasteiger partial charge in [-0.15, -0.1) is 0 Å². The average molecular weight is 516 g/mol. The highest BCUT2D eigenvalue weighted by atomic mass is 19.1. The van der Waals surface area contributed by atoms with Gasteiger partial charge in [0, 0.05) is 17.4 Å². The number of halogens is 1. The van der Waals surface area contributed by atoms with Crippen LogP contribution >= 0.6 is 0 Å². The Morgan fingerprint density at radius 2 is 1.66 bits per heavy atom. The minimum atomic E-state index is -1.32. The van der Waals surface area contributed by atoms with E-state index in [-0.39, 0.29) is 30.1 Å². The normalized spacial score (nSPS) is 26.5. The number of hydrogen-bond acceptors (Lipinski definition) is 5. The van der Waals surface area contributed by atoms with Gasteiger partial charge in [-0.3, -0.25) is 9.59 Å². The first-order valence-corrected chi connectivity index (χ1v) is 12.5. The van der Waals surface area contributed by atoms with Gasteiger partial charge in [0.2, 0.25) is 0 Å². The number of allylic oxidation sites excluding steroid dienone is 4. The van der Waals surface area contributed by atoms with Gasteiger partial charge < -0.3 is 5.11 Å². The standard InChI is InChI=1S/C29H26FN3O5/c1-15-16(2)26(36)29(3)20(24(15)34)14-22-18(23(29)19-10-7-11-21(30)25(19)35)12-13-31-27(37)32(28(38)33(22)31)17-8-5-4-6-9-17/h4-12,20,22-23,35H,13-14H2,1-3H3/t20-,22+,23+,29+/m0/s1. The van der Waals surface area contributed by atoms with E-state index >= 15 is 0 Å². The molecule has 0 spiro atoms. The third kappa shape index (κ3) is 2.95. The molecule has 1 aromatic heterocycles. The number of aromatic nitrogens is 3. The van der Waals surface area contributed by atoms with Crippen LogP contribution in [0.5, 0.6) is 5.75 Å². The molecule has 0 unspecified atom stereocenters. The predicted octanol–water partition coefficient (Wildman–Crippen LogP) is 3.42. The number of aromatic hydroxyl groups is 1. The molecule has 2 aliphatic carbocycles. The maximum absolute atomic E-state index is 14.6. The fraction of sp³-hybridized carbons (Fsp3) is 0.310. The summed E-state index contributed by atoms with van der Waals surface area (Å²) in [5.41, 5.74) is -0.519. The van der Waals surface area contributed by atoms with Crippen molar-refractivity contribution in [2.45, 2.75) is 45.7 Å². The molecule has 4 atom stereocenters. The molecule has 2 aromatic carbocycles. The van der Waals surface area contributed by atoms with Crippen LogP contribution in [0.1, 0.15) is 44.7 Å². The first-order valence-electron chi connectivity index (χ1n) is 12.5. The second-order valence-corrected chi connectivity index (χ2v) is 10.5. The van der Waals surface area contributed by atoms with E-state index < -0.39 is 46.2 Å². The van der Waals surface area contributed by atoms with E-state index in [1.54, 1.807) is 63.2 Å². The Bertz CT molecular complexity index is 1720. The van der Waals surface area contributed by atoms with Crippen molar-refractivity contribution in [2.24, 2.45) is 11.3 Å². The van der Waals surface area contributed by atoms with E-state index in [0.717, 1.165) is 10.6 Å². The van der Waals surface area contributed by atoms with E-state index in [0.29, 0.717) is 22.4 Å². The zero-order chi connectivity index (χ0) is 27.1. The van der Waals surface area contributed by atoms with Gasteiger partial charge in [-0.1, -0.05) is 43.3 Å². The highest BCUT2D eigenvalue weighted by Crippen LogP contribution is 2.61. The fourth-order valence-electron chi connectivity index (χ4n) is 6.75. The number of para-hydroxylation sites is 2. The minimum absolute atomic E-state index is 0.0447. The first-order chi connectivity index (χ1) is 18.1. The third-order valence-electron chi connectivity index (χ3n) is 8.78. The number of Topliss-reactive ketones (excluding diaryl/α,β-unsaturated/α-hetero) is 2. The zero-order valence-corrected chi connectivity index (χ0v) is 21.1. The number of phenols is 1. The lowest BCUT2D eigenvalue weighted by molar-refractivity contribution is -0.140. The van der Waals surface area contributed by atoms with Crippen molar-refractivity contribution in [1.82, 2.24) is 13.9 Å². The number of carbonyl (C=O) groups excluding carboxylic acids is 2. The largest absolute Gasteiger partial charge is 0.505 e. The predicted molar refractivity (Wildman–Crippen MR) is 137 cm³/mol. The van der Waals surface area contributed by atoms with Crippen LogP contribution in [0.2, 0.25) is 0 Å². The second kappa shape index (κ2) is 8.11. The minimum Gasteiger partial charge on any atom is -0.505 e. The van der Waals surface area contributed by atoms with Gasteiger partial charge in [0.15, 0.2) is 23.1 Å². The Balaban J connectivity index is 1.63. The lowest BCUT2D eigenvalue weighted by Crippen LogP contribution is -2.55. The number of nitrogens with zero attached hydrogens (tertiary/aromatic N) is 3. The highest BCUT2D eigenvalue weighted by Gasteiger charge is 2.61. The monoisotopic (exact) mass is 515 g/mol. The molecule has 9 heteroatoms. The lowest BCUT2D eigenvalue weighted by atomic mass is 9.50. The lowest BCUT2D eigenvalue weighted by Gasteiger charge is -2.53. The molecule has 3 aliphatic rings. The number of fused-ring (bicyclic) bond motifs is 4. The Morgan fingerprint density at radius 3 is 2.37 bits per heavy atom. The Labute approximate surface area is 216 Å². The topological polar surface area (TPSA) is 103 Å². The van der Waals surface area contributed by atoms with Crippen molar-refractivity contribution in [3.63, 3.8) is 0 Å². The molecule has 1 saturated carbocycles. The van der Waals surface area contributed by atoms with E-state index in [1.807, 2.05) is 0 Å². The van der Waals surface area contributed by atoms with Crippen molar-refractivity contribution < 1.29 is 19.1 Å². The second-order valence-electron chi connectivity index (χ2n) is 10.5. The molecule has 0 bridgehead atoms. The molecule has 6 rings (SSSR count). The number of rotatable bonds is 2. The molecule has 2 heterocycles. The summed E-state index contributed by atoms with van der Waals surface area (Å²) in [6, 6.07) is 11.9. The van der Waals surface area contributed by atoms with Gasteiger partial charge >= 0.3 is 11.4 Å². The Hall–Kier alpha value is -4.27. The molecule has 0 radical (unpaired) electrons. The van der Waals surface area contributed by atoms with Crippen LogP contribution in [-0.2, 0) is 16.1 Å². The van der Waals surface area contributed by atoms with Gasteiger partial charge in [-0.2, -0.15) is 0 Å². The van der Waals surface area contributed by atoms with Gasteiger partial charge in [-0.05, 0) is 55.2 Å².